The van der Waals surface area contributed by atoms with E-state index in [2.05, 4.69) is 47.3 Å². The SMILES string of the molecule is CN1CCCC1c1nc2c(ccc3cc4c(cc32)OCc2cc(Cl)ccc2-4)[nH]1. The van der Waals surface area contributed by atoms with Gasteiger partial charge in [0.1, 0.15) is 18.2 Å². The summed E-state index contributed by atoms with van der Waals surface area (Å²) in [7, 11) is 2.18. The molecule has 1 N–H and O–H groups in total. The van der Waals surface area contributed by atoms with Crippen molar-refractivity contribution < 1.29 is 4.74 Å². The predicted molar refractivity (Wildman–Crippen MR) is 113 cm³/mol. The van der Waals surface area contributed by atoms with E-state index in [1.807, 2.05) is 12.1 Å². The molecule has 0 amide bonds. The van der Waals surface area contributed by atoms with Crippen LogP contribution in [0.1, 0.15) is 30.3 Å². The van der Waals surface area contributed by atoms with Gasteiger partial charge in [-0.3, -0.25) is 4.90 Å². The van der Waals surface area contributed by atoms with Crippen molar-refractivity contribution in [1.29, 1.82) is 0 Å². The molecule has 2 aliphatic heterocycles. The van der Waals surface area contributed by atoms with Crippen LogP contribution in [0.25, 0.3) is 32.9 Å². The minimum atomic E-state index is 0.382. The zero-order valence-electron chi connectivity index (χ0n) is 15.6. The summed E-state index contributed by atoms with van der Waals surface area (Å²) < 4.78 is 6.08. The first-order chi connectivity index (χ1) is 13.7. The van der Waals surface area contributed by atoms with Gasteiger partial charge in [0, 0.05) is 16.0 Å². The Morgan fingerprint density at radius 1 is 1.14 bits per heavy atom. The second-order valence-electron chi connectivity index (χ2n) is 7.88. The van der Waals surface area contributed by atoms with Gasteiger partial charge in [-0.2, -0.15) is 0 Å². The molecule has 4 aromatic rings. The van der Waals surface area contributed by atoms with Crippen LogP contribution in [0.4, 0.5) is 0 Å². The number of aromatic nitrogens is 2. The van der Waals surface area contributed by atoms with E-state index >= 15 is 0 Å². The Kier molecular flexibility index (Phi) is 3.49. The Morgan fingerprint density at radius 2 is 2.07 bits per heavy atom. The maximum absolute atomic E-state index is 6.16. The van der Waals surface area contributed by atoms with E-state index in [-0.39, 0.29) is 0 Å². The quantitative estimate of drug-likeness (QED) is 0.454. The molecule has 1 saturated heterocycles. The van der Waals surface area contributed by atoms with Gasteiger partial charge in [-0.15, -0.1) is 0 Å². The second-order valence-corrected chi connectivity index (χ2v) is 8.32. The summed E-state index contributed by atoms with van der Waals surface area (Å²) in [4.78, 5) is 10.9. The fourth-order valence-corrected chi connectivity index (χ4v) is 4.88. The summed E-state index contributed by atoms with van der Waals surface area (Å²) in [5, 5.41) is 3.06. The monoisotopic (exact) mass is 389 g/mol. The standard InChI is InChI=1S/C23H20ClN3O/c1-27-8-2-3-20(27)23-25-19-7-4-13-10-18-16-6-5-15(24)9-14(16)12-28-21(18)11-17(13)22(19)26-23/h4-7,9-11,20H,2-3,8,12H2,1H3,(H,25,26). The summed E-state index contributed by atoms with van der Waals surface area (Å²) in [6, 6.07) is 15.1. The molecule has 3 heterocycles. The first-order valence-electron chi connectivity index (χ1n) is 9.75. The highest BCUT2D eigenvalue weighted by Gasteiger charge is 2.26. The van der Waals surface area contributed by atoms with Crippen LogP contribution in [0.5, 0.6) is 5.75 Å². The Morgan fingerprint density at radius 3 is 2.93 bits per heavy atom. The zero-order chi connectivity index (χ0) is 18.8. The van der Waals surface area contributed by atoms with Crippen molar-refractivity contribution in [3.63, 3.8) is 0 Å². The highest BCUT2D eigenvalue weighted by Crippen LogP contribution is 2.42. The van der Waals surface area contributed by atoms with Gasteiger partial charge in [-0.05, 0) is 73.3 Å². The van der Waals surface area contributed by atoms with Gasteiger partial charge in [0.05, 0.1) is 17.1 Å². The Labute approximate surface area is 168 Å². The fraction of sp³-hybridized carbons (Fsp3) is 0.261. The first kappa shape index (κ1) is 16.4. The van der Waals surface area contributed by atoms with E-state index in [4.69, 9.17) is 21.3 Å². The molecule has 1 fully saturated rings. The van der Waals surface area contributed by atoms with E-state index in [1.54, 1.807) is 0 Å². The van der Waals surface area contributed by atoms with Crippen molar-refractivity contribution in [2.45, 2.75) is 25.5 Å². The lowest BCUT2D eigenvalue weighted by atomic mass is 9.94. The number of nitrogens with one attached hydrogen (secondary N) is 1. The summed E-state index contributed by atoms with van der Waals surface area (Å²) in [6.45, 7) is 1.68. The number of H-pyrrole nitrogens is 1. The summed E-state index contributed by atoms with van der Waals surface area (Å²) >= 11 is 6.16. The van der Waals surface area contributed by atoms with Gasteiger partial charge in [-0.25, -0.2) is 4.98 Å². The number of benzene rings is 3. The molecule has 4 nitrogen and oxygen atoms in total. The summed E-state index contributed by atoms with van der Waals surface area (Å²) in [5.74, 6) is 1.98. The van der Waals surface area contributed by atoms with E-state index in [9.17, 15) is 0 Å². The Balaban J connectivity index is 1.54. The van der Waals surface area contributed by atoms with Crippen molar-refractivity contribution in [2.24, 2.45) is 0 Å². The number of halogens is 1. The molecule has 1 unspecified atom stereocenters. The number of hydrogen-bond donors (Lipinski definition) is 1. The van der Waals surface area contributed by atoms with Crippen molar-refractivity contribution in [2.75, 3.05) is 13.6 Å². The third-order valence-corrected chi connectivity index (χ3v) is 6.40. The highest BCUT2D eigenvalue weighted by molar-refractivity contribution is 6.30. The minimum absolute atomic E-state index is 0.382. The molecule has 0 radical (unpaired) electrons. The Hall–Kier alpha value is -2.56. The second kappa shape index (κ2) is 5.97. The first-order valence-corrected chi connectivity index (χ1v) is 10.1. The number of hydrogen-bond acceptors (Lipinski definition) is 3. The lowest BCUT2D eigenvalue weighted by Gasteiger charge is -2.21. The predicted octanol–water partition coefficient (Wildman–Crippen LogP) is 5.70. The molecule has 1 atom stereocenters. The number of fused-ring (bicyclic) bond motifs is 6. The fourth-order valence-electron chi connectivity index (χ4n) is 4.69. The molecule has 140 valence electrons. The molecule has 0 aliphatic carbocycles. The van der Waals surface area contributed by atoms with Crippen molar-refractivity contribution in [3.8, 4) is 16.9 Å². The molecule has 0 bridgehead atoms. The molecule has 28 heavy (non-hydrogen) atoms. The molecule has 0 spiro atoms. The third kappa shape index (κ3) is 2.38. The number of nitrogens with zero attached hydrogens (tertiary/aromatic N) is 2. The lowest BCUT2D eigenvalue weighted by molar-refractivity contribution is 0.303. The van der Waals surface area contributed by atoms with Gasteiger partial charge in [0.15, 0.2) is 0 Å². The topological polar surface area (TPSA) is 41.2 Å². The van der Waals surface area contributed by atoms with Crippen LogP contribution in [-0.2, 0) is 6.61 Å². The lowest BCUT2D eigenvalue weighted by Crippen LogP contribution is -2.18. The van der Waals surface area contributed by atoms with Gasteiger partial charge >= 0.3 is 0 Å². The number of likely N-dealkylation sites (tertiary alicyclic amines) is 1. The van der Waals surface area contributed by atoms with Gasteiger partial charge in [0.2, 0.25) is 0 Å². The van der Waals surface area contributed by atoms with Gasteiger partial charge < -0.3 is 9.72 Å². The molecular weight excluding hydrogens is 370 g/mol. The average Bonchev–Trinajstić information content (AvgIpc) is 3.32. The molecular formula is C23H20ClN3O. The third-order valence-electron chi connectivity index (χ3n) is 6.16. The van der Waals surface area contributed by atoms with Gasteiger partial charge in [-0.1, -0.05) is 23.7 Å². The molecule has 1 aromatic heterocycles. The van der Waals surface area contributed by atoms with E-state index in [0.29, 0.717) is 12.6 Å². The maximum atomic E-state index is 6.16. The average molecular weight is 390 g/mol. The number of imidazole rings is 1. The van der Waals surface area contributed by atoms with Crippen LogP contribution in [0.3, 0.4) is 0 Å². The van der Waals surface area contributed by atoms with Crippen molar-refractivity contribution in [3.05, 3.63) is 58.9 Å². The van der Waals surface area contributed by atoms with Gasteiger partial charge in [0.25, 0.3) is 0 Å². The summed E-state index contributed by atoms with van der Waals surface area (Å²) in [5.41, 5.74) is 5.57. The van der Waals surface area contributed by atoms with Crippen LogP contribution in [-0.4, -0.2) is 28.5 Å². The normalized spacial score (nSPS) is 19.0. The number of ether oxygens (including phenoxy) is 1. The van der Waals surface area contributed by atoms with Crippen molar-refractivity contribution in [1.82, 2.24) is 14.9 Å². The number of rotatable bonds is 1. The molecule has 0 saturated carbocycles. The molecule has 5 heteroatoms. The smallest absolute Gasteiger partial charge is 0.128 e. The maximum Gasteiger partial charge on any atom is 0.128 e. The van der Waals surface area contributed by atoms with Crippen LogP contribution < -0.4 is 4.74 Å². The van der Waals surface area contributed by atoms with Crippen LogP contribution in [0.15, 0.2) is 42.5 Å². The van der Waals surface area contributed by atoms with Crippen LogP contribution in [0.2, 0.25) is 5.02 Å². The van der Waals surface area contributed by atoms with Crippen LogP contribution >= 0.6 is 11.6 Å². The zero-order valence-corrected chi connectivity index (χ0v) is 16.4. The van der Waals surface area contributed by atoms with Crippen molar-refractivity contribution >= 4 is 33.4 Å². The minimum Gasteiger partial charge on any atom is -0.488 e. The Bertz CT molecular complexity index is 1250. The summed E-state index contributed by atoms with van der Waals surface area (Å²) in [6.07, 6.45) is 2.38. The van der Waals surface area contributed by atoms with E-state index < -0.39 is 0 Å². The van der Waals surface area contributed by atoms with E-state index in [1.165, 1.54) is 17.4 Å². The number of aromatic amines is 1. The highest BCUT2D eigenvalue weighted by atomic mass is 35.5. The van der Waals surface area contributed by atoms with Crippen LogP contribution in [0, 0.1) is 0 Å². The molecule has 2 aliphatic rings. The molecule has 6 rings (SSSR count). The van der Waals surface area contributed by atoms with E-state index in [0.717, 1.165) is 57.1 Å². The molecule has 3 aromatic carbocycles. The largest absolute Gasteiger partial charge is 0.488 e.